The molecule has 4 fully saturated rings. The maximum absolute atomic E-state index is 15.4. The number of anilines is 4. The summed E-state index contributed by atoms with van der Waals surface area (Å²) < 4.78 is 19.6. The molecular weight excluding hydrogens is 880 g/mol. The number of nitrogens with one attached hydrogen (secondary N) is 2. The third-order valence-electron chi connectivity index (χ3n) is 15.5. The number of nitrogens with zero attached hydrogens (tertiary/aromatic N) is 10. The van der Waals surface area contributed by atoms with Crippen molar-refractivity contribution >= 4 is 56.6 Å². The number of allylic oxidation sites excluding steroid dienone is 2. The maximum Gasteiger partial charge on any atom is 0.278 e. The molecule has 0 aliphatic carbocycles. The predicted molar refractivity (Wildman–Crippen MR) is 260 cm³/mol. The second-order valence-corrected chi connectivity index (χ2v) is 19.9. The zero-order valence-electron chi connectivity index (χ0n) is 38.8. The van der Waals surface area contributed by atoms with Gasteiger partial charge in [0.2, 0.25) is 17.8 Å². The van der Waals surface area contributed by atoms with Gasteiger partial charge >= 0.3 is 0 Å². The van der Waals surface area contributed by atoms with E-state index in [1.807, 2.05) is 48.6 Å². The first-order chi connectivity index (χ1) is 33.4. The number of piperidine rings is 4. The van der Waals surface area contributed by atoms with Gasteiger partial charge in [-0.2, -0.15) is 9.37 Å². The highest BCUT2D eigenvalue weighted by atomic mass is 19.1. The van der Waals surface area contributed by atoms with Gasteiger partial charge in [-0.25, -0.2) is 24.0 Å². The Kier molecular flexibility index (Phi) is 11.6. The van der Waals surface area contributed by atoms with E-state index in [4.69, 9.17) is 9.97 Å². The van der Waals surface area contributed by atoms with Crippen molar-refractivity contribution < 1.29 is 19.1 Å². The molecule has 1 unspecified atom stereocenters. The lowest BCUT2D eigenvalue weighted by molar-refractivity contribution is -0.136. The number of aliphatic hydroxyl groups is 1. The van der Waals surface area contributed by atoms with Crippen molar-refractivity contribution in [2.75, 3.05) is 60.9 Å². The molecule has 17 nitrogen and oxygen atoms in total. The van der Waals surface area contributed by atoms with Crippen molar-refractivity contribution in [1.82, 2.24) is 44.3 Å². The van der Waals surface area contributed by atoms with Crippen LogP contribution in [0.4, 0.5) is 27.4 Å². The Morgan fingerprint density at radius 1 is 0.797 bits per heavy atom. The standard InChI is InChI=1S/C51H57FN12O5/c1-50(69)18-3-2-4-23-62-47(67)39-31-53-49(57-45(39)64(62)42-7-5-6-41(50)55-42)54-34-8-10-35(11-9-34)61-28-21-51(22-29-61)19-26-59(27-20-51)32-33-16-24-60(25-17-33)36-12-13-37-38(30-36)44(52)58-63(48(37)68)40-14-15-43(65)56-46(40)66/h2,4-13,30-31,33,40,69H,3,14-29,32H2,1H3,(H,53,54,57)(H,56,65,66)/b4-2-/t40?,50-/m1/s1. The number of amides is 2. The van der Waals surface area contributed by atoms with Gasteiger partial charge in [-0.1, -0.05) is 18.2 Å². The van der Waals surface area contributed by atoms with Crippen LogP contribution in [0.2, 0.25) is 0 Å². The molecule has 2 bridgehead atoms. The van der Waals surface area contributed by atoms with E-state index in [2.05, 4.69) is 47.5 Å². The fourth-order valence-electron chi connectivity index (χ4n) is 11.2. The van der Waals surface area contributed by atoms with Crippen LogP contribution in [0.15, 0.2) is 88.6 Å². The zero-order valence-corrected chi connectivity index (χ0v) is 38.8. The molecule has 6 aromatic rings. The summed E-state index contributed by atoms with van der Waals surface area (Å²) >= 11 is 0. The highest BCUT2D eigenvalue weighted by molar-refractivity contribution is 5.99. The van der Waals surface area contributed by atoms with Crippen molar-refractivity contribution in [2.45, 2.75) is 89.3 Å². The SMILES string of the molecule is C[C@@]1(O)CC/C=C\Cn2c(=O)c3cnc(Nc4ccc(N5CCC6(CCN(CC7CCN(c8ccc9c(=O)n(C%10CCC(=O)NC%10=O)nc(F)c9c8)CC7)CC6)CC5)cc4)nc3n2-c2cccc1n2. The van der Waals surface area contributed by atoms with E-state index in [1.54, 1.807) is 34.6 Å². The Labute approximate surface area is 397 Å². The number of imide groups is 1. The molecule has 1 spiro atoms. The summed E-state index contributed by atoms with van der Waals surface area (Å²) in [6.45, 7) is 9.15. The van der Waals surface area contributed by atoms with E-state index < -0.39 is 35.0 Å². The first kappa shape index (κ1) is 44.7. The maximum atomic E-state index is 15.4. The average molecular weight is 937 g/mol. The first-order valence-corrected chi connectivity index (χ1v) is 24.4. The lowest BCUT2D eigenvalue weighted by Crippen LogP contribution is -2.48. The van der Waals surface area contributed by atoms with E-state index in [9.17, 15) is 24.3 Å². The Balaban J connectivity index is 0.669. The largest absolute Gasteiger partial charge is 0.384 e. The van der Waals surface area contributed by atoms with Crippen LogP contribution in [0, 0.1) is 17.3 Å². The Morgan fingerprint density at radius 2 is 1.54 bits per heavy atom. The van der Waals surface area contributed by atoms with Crippen LogP contribution in [0.1, 0.15) is 82.9 Å². The van der Waals surface area contributed by atoms with Crippen molar-refractivity contribution in [3.05, 3.63) is 111 Å². The number of benzene rings is 2. The van der Waals surface area contributed by atoms with Crippen LogP contribution in [0.5, 0.6) is 0 Å². The molecule has 3 N–H and O–H groups in total. The summed E-state index contributed by atoms with van der Waals surface area (Å²) in [4.78, 5) is 72.5. The van der Waals surface area contributed by atoms with Gasteiger partial charge in [0.15, 0.2) is 11.5 Å². The van der Waals surface area contributed by atoms with Crippen molar-refractivity contribution in [1.29, 1.82) is 0 Å². The van der Waals surface area contributed by atoms with Gasteiger partial charge in [0.05, 0.1) is 17.6 Å². The van der Waals surface area contributed by atoms with E-state index in [0.29, 0.717) is 59.2 Å². The van der Waals surface area contributed by atoms with Crippen LogP contribution < -0.4 is 31.6 Å². The molecule has 2 aromatic carbocycles. The smallest absolute Gasteiger partial charge is 0.278 e. The summed E-state index contributed by atoms with van der Waals surface area (Å²) in [5.74, 6) is -0.406. The molecule has 0 radical (unpaired) electrons. The molecule has 11 rings (SSSR count). The molecule has 18 heteroatoms. The van der Waals surface area contributed by atoms with E-state index in [-0.39, 0.29) is 29.2 Å². The molecule has 4 aromatic heterocycles. The monoisotopic (exact) mass is 936 g/mol. The zero-order chi connectivity index (χ0) is 47.4. The van der Waals surface area contributed by atoms with Gasteiger partial charge in [0.25, 0.3) is 17.0 Å². The summed E-state index contributed by atoms with van der Waals surface area (Å²) in [6, 6.07) is 18.0. The fourth-order valence-corrected chi connectivity index (χ4v) is 11.2. The van der Waals surface area contributed by atoms with Gasteiger partial charge < -0.3 is 25.1 Å². The van der Waals surface area contributed by atoms with E-state index in [1.165, 1.54) is 31.4 Å². The third kappa shape index (κ3) is 8.68. The van der Waals surface area contributed by atoms with Crippen molar-refractivity contribution in [3.63, 3.8) is 0 Å². The van der Waals surface area contributed by atoms with E-state index >= 15 is 4.39 Å². The minimum Gasteiger partial charge on any atom is -0.384 e. The van der Waals surface area contributed by atoms with Gasteiger partial charge in [0, 0.05) is 67.8 Å². The lowest BCUT2D eigenvalue weighted by Gasteiger charge is -2.48. The van der Waals surface area contributed by atoms with Crippen LogP contribution in [-0.2, 0) is 21.7 Å². The number of pyridine rings is 1. The topological polar surface area (TPSA) is 189 Å². The Morgan fingerprint density at radius 3 is 2.30 bits per heavy atom. The summed E-state index contributed by atoms with van der Waals surface area (Å²) in [7, 11) is 0. The summed E-state index contributed by atoms with van der Waals surface area (Å²) in [6.07, 6.45) is 13.7. The Hall–Kier alpha value is -6.79. The third-order valence-corrected chi connectivity index (χ3v) is 15.5. The number of carbonyl (C=O) groups excluding carboxylic acids is 2. The summed E-state index contributed by atoms with van der Waals surface area (Å²) in [5.41, 5.74) is 2.35. The van der Waals surface area contributed by atoms with Crippen LogP contribution in [0.3, 0.4) is 0 Å². The highest BCUT2D eigenvalue weighted by Gasteiger charge is 2.38. The van der Waals surface area contributed by atoms with Crippen LogP contribution >= 0.6 is 0 Å². The van der Waals surface area contributed by atoms with Crippen LogP contribution in [0.25, 0.3) is 27.6 Å². The highest BCUT2D eigenvalue weighted by Crippen LogP contribution is 2.43. The lowest BCUT2D eigenvalue weighted by atomic mass is 9.71. The number of carbonyl (C=O) groups is 2. The molecule has 358 valence electrons. The second kappa shape index (κ2) is 17.9. The molecule has 4 saturated heterocycles. The van der Waals surface area contributed by atoms with Gasteiger partial charge in [0.1, 0.15) is 17.0 Å². The molecule has 5 aliphatic rings. The number of rotatable bonds is 7. The van der Waals surface area contributed by atoms with Crippen molar-refractivity contribution in [2.24, 2.45) is 11.3 Å². The molecule has 0 saturated carbocycles. The molecule has 5 aliphatic heterocycles. The van der Waals surface area contributed by atoms with Crippen LogP contribution in [-0.4, -0.2) is 102 Å². The molecule has 9 heterocycles. The predicted octanol–water partition coefficient (Wildman–Crippen LogP) is 5.70. The number of halogens is 1. The molecule has 2 amide bonds. The van der Waals surface area contributed by atoms with Gasteiger partial charge in [-0.05, 0) is 144 Å². The van der Waals surface area contributed by atoms with E-state index in [0.717, 1.165) is 74.7 Å². The molecule has 2 atom stereocenters. The average Bonchev–Trinajstić information content (AvgIpc) is 3.63. The minimum atomic E-state index is -1.12. The number of likely N-dealkylation sites (tertiary alicyclic amines) is 1. The second-order valence-electron chi connectivity index (χ2n) is 19.9. The van der Waals surface area contributed by atoms with Gasteiger partial charge in [-0.3, -0.25) is 24.5 Å². The minimum absolute atomic E-state index is 0.0684. The fraction of sp³-hybridized carbons (Fsp3) is 0.451. The number of aromatic nitrogens is 7. The quantitative estimate of drug-likeness (QED) is 0.131. The molecular formula is C51H57FN12O5. The summed E-state index contributed by atoms with van der Waals surface area (Å²) in [5, 5.41) is 21.3. The number of fused-ring (bicyclic) bond motifs is 7. The number of hydrogen-bond donors (Lipinski definition) is 3. The normalized spacial score (nSPS) is 22.9. The molecule has 69 heavy (non-hydrogen) atoms. The van der Waals surface area contributed by atoms with Crippen molar-refractivity contribution in [3.8, 4) is 5.82 Å². The number of hydrogen-bond acceptors (Lipinski definition) is 13. The first-order valence-electron chi connectivity index (χ1n) is 24.4. The van der Waals surface area contributed by atoms with Gasteiger partial charge in [-0.15, -0.1) is 5.10 Å². The Bertz CT molecular complexity index is 3100.